The van der Waals surface area contributed by atoms with Gasteiger partial charge in [0.05, 0.1) is 6.04 Å². The zero-order valence-electron chi connectivity index (χ0n) is 13.1. The van der Waals surface area contributed by atoms with E-state index in [-0.39, 0.29) is 23.3 Å². The zero-order valence-corrected chi connectivity index (χ0v) is 13.1. The van der Waals surface area contributed by atoms with Crippen LogP contribution >= 0.6 is 0 Å². The van der Waals surface area contributed by atoms with Crippen molar-refractivity contribution in [3.8, 4) is 0 Å². The van der Waals surface area contributed by atoms with Crippen LogP contribution < -0.4 is 11.2 Å². The van der Waals surface area contributed by atoms with E-state index in [4.69, 9.17) is 0 Å². The van der Waals surface area contributed by atoms with Crippen LogP contribution in [0.15, 0.2) is 9.59 Å². The van der Waals surface area contributed by atoms with E-state index in [0.29, 0.717) is 0 Å². The quantitative estimate of drug-likeness (QED) is 0.910. The number of fused-ring (bicyclic) bond motifs is 1. The summed E-state index contributed by atoms with van der Waals surface area (Å²) >= 11 is 0. The number of aromatic amines is 1. The molecule has 22 heavy (non-hydrogen) atoms. The molecular weight excluding hydrogens is 278 g/mol. The lowest BCUT2D eigenvalue weighted by atomic mass is 9.95. The summed E-state index contributed by atoms with van der Waals surface area (Å²) in [5.41, 5.74) is 1.61. The molecule has 1 aromatic heterocycles. The highest BCUT2D eigenvalue weighted by Crippen LogP contribution is 2.34. The van der Waals surface area contributed by atoms with Crippen LogP contribution in [-0.4, -0.2) is 27.5 Å². The number of nitrogens with zero attached hydrogens (tertiary/aromatic N) is 2. The van der Waals surface area contributed by atoms with E-state index in [1.165, 1.54) is 23.8 Å². The van der Waals surface area contributed by atoms with Gasteiger partial charge in [-0.25, -0.2) is 4.79 Å². The van der Waals surface area contributed by atoms with Gasteiger partial charge in [-0.3, -0.25) is 14.3 Å². The van der Waals surface area contributed by atoms with Gasteiger partial charge in [-0.15, -0.1) is 0 Å². The summed E-state index contributed by atoms with van der Waals surface area (Å²) in [7, 11) is 0. The van der Waals surface area contributed by atoms with E-state index in [1.807, 2.05) is 0 Å². The average molecular weight is 303 g/mol. The molecule has 1 saturated heterocycles. The Morgan fingerprint density at radius 3 is 2.36 bits per heavy atom. The molecule has 1 saturated carbocycles. The molecule has 1 aromatic rings. The minimum Gasteiger partial charge on any atom is -0.309 e. The van der Waals surface area contributed by atoms with Crippen molar-refractivity contribution in [1.29, 1.82) is 0 Å². The van der Waals surface area contributed by atoms with Crippen LogP contribution in [0.1, 0.15) is 74.7 Å². The van der Waals surface area contributed by atoms with Gasteiger partial charge < -0.3 is 4.98 Å². The van der Waals surface area contributed by atoms with Crippen molar-refractivity contribution in [1.82, 2.24) is 14.5 Å². The summed E-state index contributed by atoms with van der Waals surface area (Å²) in [6.07, 6.45) is 9.69. The fraction of sp³-hybridized carbons (Fsp3) is 0.765. The normalized spacial score (nSPS) is 26.5. The molecule has 0 spiro atoms. The third-order valence-corrected chi connectivity index (χ3v) is 5.78. The lowest BCUT2D eigenvalue weighted by Crippen LogP contribution is -2.41. The Morgan fingerprint density at radius 1 is 0.909 bits per heavy atom. The minimum absolute atomic E-state index is 0.00709. The van der Waals surface area contributed by atoms with Gasteiger partial charge >= 0.3 is 5.69 Å². The van der Waals surface area contributed by atoms with E-state index in [1.54, 1.807) is 0 Å². The van der Waals surface area contributed by atoms with Crippen LogP contribution in [0.4, 0.5) is 0 Å². The Balaban J connectivity index is 1.73. The van der Waals surface area contributed by atoms with Gasteiger partial charge in [0, 0.05) is 17.3 Å². The number of likely N-dealkylation sites (tertiary alicyclic amines) is 1. The van der Waals surface area contributed by atoms with Gasteiger partial charge in [0.25, 0.3) is 5.56 Å². The molecule has 1 atom stereocenters. The van der Waals surface area contributed by atoms with Gasteiger partial charge in [-0.1, -0.05) is 19.3 Å². The molecule has 5 nitrogen and oxygen atoms in total. The first kappa shape index (κ1) is 14.2. The summed E-state index contributed by atoms with van der Waals surface area (Å²) in [6.45, 7) is 2.19. The SMILES string of the molecule is O=c1[nH]c2c(c(=O)n1C1CCCCC1)CCC2N1CCCC1. The second-order valence-corrected chi connectivity index (χ2v) is 7.09. The molecule has 120 valence electrons. The second kappa shape index (κ2) is 5.69. The van der Waals surface area contributed by atoms with E-state index in [0.717, 1.165) is 62.9 Å². The molecule has 2 fully saturated rings. The maximum atomic E-state index is 12.9. The van der Waals surface area contributed by atoms with Crippen molar-refractivity contribution in [2.24, 2.45) is 0 Å². The predicted molar refractivity (Wildman–Crippen MR) is 85.3 cm³/mol. The first-order valence-electron chi connectivity index (χ1n) is 8.87. The number of hydrogen-bond donors (Lipinski definition) is 1. The molecule has 3 aliphatic rings. The smallest absolute Gasteiger partial charge is 0.309 e. The van der Waals surface area contributed by atoms with Crippen LogP contribution in [0.25, 0.3) is 0 Å². The topological polar surface area (TPSA) is 58.1 Å². The summed E-state index contributed by atoms with van der Waals surface area (Å²) in [5.74, 6) is 0. The molecular formula is C17H25N3O2. The van der Waals surface area contributed by atoms with E-state index in [2.05, 4.69) is 9.88 Å². The summed E-state index contributed by atoms with van der Waals surface area (Å²) < 4.78 is 1.53. The number of aromatic nitrogens is 2. The first-order valence-corrected chi connectivity index (χ1v) is 8.87. The van der Waals surface area contributed by atoms with Crippen LogP contribution in [0.2, 0.25) is 0 Å². The molecule has 2 heterocycles. The number of nitrogens with one attached hydrogen (secondary N) is 1. The molecule has 1 unspecified atom stereocenters. The van der Waals surface area contributed by atoms with E-state index < -0.39 is 0 Å². The van der Waals surface area contributed by atoms with E-state index in [9.17, 15) is 9.59 Å². The van der Waals surface area contributed by atoms with Crippen LogP contribution in [0.3, 0.4) is 0 Å². The van der Waals surface area contributed by atoms with Crippen molar-refractivity contribution in [3.63, 3.8) is 0 Å². The molecule has 0 radical (unpaired) electrons. The van der Waals surface area contributed by atoms with Crippen molar-refractivity contribution in [3.05, 3.63) is 32.1 Å². The highest BCUT2D eigenvalue weighted by Gasteiger charge is 2.34. The molecule has 0 amide bonds. The average Bonchev–Trinajstić information content (AvgIpc) is 3.17. The summed E-state index contributed by atoms with van der Waals surface area (Å²) in [6, 6.07) is 0.375. The van der Waals surface area contributed by atoms with Crippen molar-refractivity contribution < 1.29 is 0 Å². The highest BCUT2D eigenvalue weighted by atomic mass is 16.2. The number of H-pyrrole nitrogens is 1. The van der Waals surface area contributed by atoms with Crippen molar-refractivity contribution >= 4 is 0 Å². The van der Waals surface area contributed by atoms with Crippen molar-refractivity contribution in [2.45, 2.75) is 69.9 Å². The van der Waals surface area contributed by atoms with Gasteiger partial charge in [0.15, 0.2) is 0 Å². The molecule has 2 aliphatic carbocycles. The fourth-order valence-corrected chi connectivity index (χ4v) is 4.64. The van der Waals surface area contributed by atoms with Crippen LogP contribution in [0.5, 0.6) is 0 Å². The third kappa shape index (κ3) is 2.26. The molecule has 1 aliphatic heterocycles. The Bertz CT molecular complexity index is 663. The predicted octanol–water partition coefficient (Wildman–Crippen LogP) is 2.12. The maximum absolute atomic E-state index is 12.9. The molecule has 4 rings (SSSR count). The maximum Gasteiger partial charge on any atom is 0.328 e. The first-order chi connectivity index (χ1) is 10.8. The third-order valence-electron chi connectivity index (χ3n) is 5.78. The summed E-state index contributed by atoms with van der Waals surface area (Å²) in [4.78, 5) is 30.9. The molecule has 0 bridgehead atoms. The molecule has 0 aromatic carbocycles. The van der Waals surface area contributed by atoms with Gasteiger partial charge in [0.1, 0.15) is 0 Å². The lowest BCUT2D eigenvalue weighted by Gasteiger charge is -2.25. The Kier molecular flexibility index (Phi) is 3.68. The van der Waals surface area contributed by atoms with Crippen LogP contribution in [-0.2, 0) is 6.42 Å². The summed E-state index contributed by atoms with van der Waals surface area (Å²) in [5, 5.41) is 0. The van der Waals surface area contributed by atoms with Gasteiger partial charge in [-0.2, -0.15) is 0 Å². The lowest BCUT2D eigenvalue weighted by molar-refractivity contribution is 0.240. The Hall–Kier alpha value is -1.36. The minimum atomic E-state index is -0.179. The molecule has 1 N–H and O–H groups in total. The molecule has 5 heteroatoms. The number of rotatable bonds is 2. The Labute approximate surface area is 130 Å². The monoisotopic (exact) mass is 303 g/mol. The van der Waals surface area contributed by atoms with Gasteiger partial charge in [-0.05, 0) is 51.6 Å². The standard InChI is InChI=1S/C17H25N3O2/c21-16-13-8-9-14(19-10-4-5-11-19)15(13)18-17(22)20(16)12-6-2-1-3-7-12/h12,14H,1-11H2,(H,18,22). The zero-order chi connectivity index (χ0) is 15.1. The fourth-order valence-electron chi connectivity index (χ4n) is 4.64. The highest BCUT2D eigenvalue weighted by molar-refractivity contribution is 5.26. The van der Waals surface area contributed by atoms with E-state index >= 15 is 0 Å². The number of hydrogen-bond acceptors (Lipinski definition) is 3. The van der Waals surface area contributed by atoms with Gasteiger partial charge in [0.2, 0.25) is 0 Å². The van der Waals surface area contributed by atoms with Crippen molar-refractivity contribution in [2.75, 3.05) is 13.1 Å². The largest absolute Gasteiger partial charge is 0.328 e. The second-order valence-electron chi connectivity index (χ2n) is 7.09. The van der Waals surface area contributed by atoms with Crippen LogP contribution in [0, 0.1) is 0 Å². The Morgan fingerprint density at radius 2 is 1.64 bits per heavy atom.